The number of aromatic nitrogens is 3. The summed E-state index contributed by atoms with van der Waals surface area (Å²) in [6, 6.07) is 9.38. The first kappa shape index (κ1) is 18.9. The molecule has 0 saturated carbocycles. The maximum Gasteiger partial charge on any atom is 0.263 e. The lowest BCUT2D eigenvalue weighted by atomic mass is 10.2. The van der Waals surface area contributed by atoms with E-state index in [1.807, 2.05) is 0 Å². The molecule has 1 fully saturated rings. The van der Waals surface area contributed by atoms with Crippen LogP contribution in [0.25, 0.3) is 11.0 Å². The normalized spacial score (nSPS) is 16.5. The van der Waals surface area contributed by atoms with Gasteiger partial charge in [-0.3, -0.25) is 9.36 Å². The number of nitrogens with zero attached hydrogens (tertiary/aromatic N) is 3. The lowest BCUT2D eigenvalue weighted by molar-refractivity contribution is 0.0937. The molecule has 146 valence electrons. The second-order valence-corrected chi connectivity index (χ2v) is 7.53. The summed E-state index contributed by atoms with van der Waals surface area (Å²) in [7, 11) is 0. The molecule has 4 rings (SSSR count). The van der Waals surface area contributed by atoms with Crippen molar-refractivity contribution in [3.63, 3.8) is 0 Å². The Morgan fingerprint density at radius 1 is 1.29 bits per heavy atom. The topological polar surface area (TPSA) is 66.2 Å². The van der Waals surface area contributed by atoms with Crippen molar-refractivity contribution in [1.29, 1.82) is 0 Å². The third-order valence-electron chi connectivity index (χ3n) is 4.50. The average molecular weight is 401 g/mol. The second kappa shape index (κ2) is 8.70. The molecule has 3 aromatic rings. The van der Waals surface area contributed by atoms with Crippen LogP contribution in [-0.4, -0.2) is 39.6 Å². The molecule has 3 heterocycles. The largest absolute Gasteiger partial charge is 0.493 e. The summed E-state index contributed by atoms with van der Waals surface area (Å²) in [5, 5.41) is 1.11. The van der Waals surface area contributed by atoms with Gasteiger partial charge in [0.2, 0.25) is 0 Å². The number of ether oxygens (including phenoxy) is 2. The highest BCUT2D eigenvalue weighted by molar-refractivity contribution is 7.99. The number of thioether (sulfide) groups is 1. The first-order valence-corrected chi connectivity index (χ1v) is 10.2. The maximum absolute atomic E-state index is 13.0. The Kier molecular flexibility index (Phi) is 5.87. The van der Waals surface area contributed by atoms with E-state index >= 15 is 0 Å². The highest BCUT2D eigenvalue weighted by Gasteiger charge is 2.20. The van der Waals surface area contributed by atoms with E-state index in [0.29, 0.717) is 40.8 Å². The van der Waals surface area contributed by atoms with Crippen LogP contribution >= 0.6 is 11.8 Å². The predicted molar refractivity (Wildman–Crippen MR) is 105 cm³/mol. The number of pyridine rings is 1. The van der Waals surface area contributed by atoms with Crippen molar-refractivity contribution in [3.05, 3.63) is 58.8 Å². The Morgan fingerprint density at radius 3 is 2.93 bits per heavy atom. The molecule has 0 aliphatic carbocycles. The summed E-state index contributed by atoms with van der Waals surface area (Å²) in [5.74, 6) is 0.896. The van der Waals surface area contributed by atoms with Gasteiger partial charge in [0.05, 0.1) is 24.6 Å². The fourth-order valence-corrected chi connectivity index (χ4v) is 3.94. The zero-order chi connectivity index (χ0) is 19.3. The van der Waals surface area contributed by atoms with Crippen molar-refractivity contribution in [3.8, 4) is 5.75 Å². The van der Waals surface area contributed by atoms with Crippen molar-refractivity contribution in [2.24, 2.45) is 0 Å². The summed E-state index contributed by atoms with van der Waals surface area (Å²) in [5.41, 5.74) is 0.341. The minimum absolute atomic E-state index is 0.0310. The van der Waals surface area contributed by atoms with Crippen LogP contribution in [0.4, 0.5) is 4.39 Å². The standard InChI is InChI=1S/C20H20FN3O3S/c21-14-5-7-15(8-6-14)27-11-12-28-20-23-18-17(4-1-9-22-18)19(25)24(20)13-16-3-2-10-26-16/h1,4-9,16H,2-3,10-13H2. The van der Waals surface area contributed by atoms with Gasteiger partial charge in [0.25, 0.3) is 5.56 Å². The van der Waals surface area contributed by atoms with Crippen molar-refractivity contribution in [2.75, 3.05) is 19.0 Å². The summed E-state index contributed by atoms with van der Waals surface area (Å²) < 4.78 is 26.0. The van der Waals surface area contributed by atoms with E-state index in [-0.39, 0.29) is 17.5 Å². The lowest BCUT2D eigenvalue weighted by Gasteiger charge is -2.16. The SMILES string of the molecule is O=c1c2cccnc2nc(SCCOc2ccc(F)cc2)n1CC1CCCO1. The van der Waals surface area contributed by atoms with E-state index in [0.717, 1.165) is 19.4 Å². The van der Waals surface area contributed by atoms with Crippen molar-refractivity contribution in [1.82, 2.24) is 14.5 Å². The fraction of sp³-hybridized carbons (Fsp3) is 0.350. The van der Waals surface area contributed by atoms with Gasteiger partial charge in [0.1, 0.15) is 11.6 Å². The molecule has 1 saturated heterocycles. The van der Waals surface area contributed by atoms with Crippen molar-refractivity contribution >= 4 is 22.8 Å². The van der Waals surface area contributed by atoms with Gasteiger partial charge in [-0.25, -0.2) is 14.4 Å². The van der Waals surface area contributed by atoms with Crippen LogP contribution in [0.3, 0.4) is 0 Å². The van der Waals surface area contributed by atoms with Gasteiger partial charge in [0, 0.05) is 18.6 Å². The lowest BCUT2D eigenvalue weighted by Crippen LogP contribution is -2.29. The molecular formula is C20H20FN3O3S. The molecule has 1 unspecified atom stereocenters. The van der Waals surface area contributed by atoms with Gasteiger partial charge < -0.3 is 9.47 Å². The molecule has 1 atom stereocenters. The van der Waals surface area contributed by atoms with Crippen LogP contribution < -0.4 is 10.3 Å². The van der Waals surface area contributed by atoms with Crippen LogP contribution in [0.1, 0.15) is 12.8 Å². The molecule has 0 N–H and O–H groups in total. The van der Waals surface area contributed by atoms with Gasteiger partial charge in [-0.15, -0.1) is 0 Å². The van der Waals surface area contributed by atoms with Crippen molar-refractivity contribution < 1.29 is 13.9 Å². The van der Waals surface area contributed by atoms with E-state index in [1.165, 1.54) is 23.9 Å². The molecule has 0 spiro atoms. The van der Waals surface area contributed by atoms with Gasteiger partial charge >= 0.3 is 0 Å². The van der Waals surface area contributed by atoms with E-state index in [2.05, 4.69) is 9.97 Å². The van der Waals surface area contributed by atoms with E-state index < -0.39 is 0 Å². The smallest absolute Gasteiger partial charge is 0.263 e. The van der Waals surface area contributed by atoms with E-state index in [4.69, 9.17) is 9.47 Å². The third kappa shape index (κ3) is 4.34. The van der Waals surface area contributed by atoms with E-state index in [1.54, 1.807) is 35.0 Å². The zero-order valence-corrected chi connectivity index (χ0v) is 16.0. The molecule has 8 heteroatoms. The zero-order valence-electron chi connectivity index (χ0n) is 15.2. The maximum atomic E-state index is 13.0. The summed E-state index contributed by atoms with van der Waals surface area (Å²) in [4.78, 5) is 21.8. The fourth-order valence-electron chi connectivity index (χ4n) is 3.12. The van der Waals surface area contributed by atoms with E-state index in [9.17, 15) is 9.18 Å². The molecule has 0 radical (unpaired) electrons. The number of benzene rings is 1. The third-order valence-corrected chi connectivity index (χ3v) is 5.44. The van der Waals surface area contributed by atoms with Crippen LogP contribution in [0.15, 0.2) is 52.5 Å². The first-order chi connectivity index (χ1) is 13.7. The summed E-state index contributed by atoms with van der Waals surface area (Å²) in [6.07, 6.45) is 3.61. The minimum atomic E-state index is -0.298. The average Bonchev–Trinajstić information content (AvgIpc) is 3.22. The molecule has 28 heavy (non-hydrogen) atoms. The highest BCUT2D eigenvalue weighted by atomic mass is 32.2. The number of halogens is 1. The molecular weight excluding hydrogens is 381 g/mol. The molecule has 1 aliphatic heterocycles. The highest BCUT2D eigenvalue weighted by Crippen LogP contribution is 2.21. The van der Waals surface area contributed by atoms with Gasteiger partial charge in [-0.2, -0.15) is 0 Å². The van der Waals surface area contributed by atoms with Crippen LogP contribution in [0.5, 0.6) is 5.75 Å². The van der Waals surface area contributed by atoms with Crippen LogP contribution in [-0.2, 0) is 11.3 Å². The Morgan fingerprint density at radius 2 is 2.14 bits per heavy atom. The molecule has 0 bridgehead atoms. The van der Waals surface area contributed by atoms with Gasteiger partial charge in [-0.1, -0.05) is 11.8 Å². The predicted octanol–water partition coefficient (Wildman–Crippen LogP) is 3.28. The number of rotatable bonds is 7. The molecule has 1 aromatic carbocycles. The number of fused-ring (bicyclic) bond motifs is 1. The Hall–Kier alpha value is -2.45. The monoisotopic (exact) mass is 401 g/mol. The minimum Gasteiger partial charge on any atom is -0.493 e. The van der Waals surface area contributed by atoms with Gasteiger partial charge in [-0.05, 0) is 49.2 Å². The quantitative estimate of drug-likeness (QED) is 0.344. The molecule has 1 aliphatic rings. The Balaban J connectivity index is 1.50. The van der Waals surface area contributed by atoms with Gasteiger partial charge in [0.15, 0.2) is 10.8 Å². The Labute approximate surface area is 165 Å². The van der Waals surface area contributed by atoms with Crippen molar-refractivity contribution in [2.45, 2.75) is 30.6 Å². The molecule has 0 amide bonds. The number of hydrogen-bond acceptors (Lipinski definition) is 6. The number of hydrogen-bond donors (Lipinski definition) is 0. The molecule has 6 nitrogen and oxygen atoms in total. The summed E-state index contributed by atoms with van der Waals surface area (Å²) in [6.45, 7) is 1.63. The summed E-state index contributed by atoms with van der Waals surface area (Å²) >= 11 is 1.44. The second-order valence-electron chi connectivity index (χ2n) is 6.47. The molecule has 2 aromatic heterocycles. The first-order valence-electron chi connectivity index (χ1n) is 9.19. The Bertz CT molecular complexity index is 1000. The van der Waals surface area contributed by atoms with Crippen LogP contribution in [0, 0.1) is 5.82 Å². The van der Waals surface area contributed by atoms with Crippen LogP contribution in [0.2, 0.25) is 0 Å².